The van der Waals surface area contributed by atoms with Crippen LogP contribution < -0.4 is 15.9 Å². The quantitative estimate of drug-likeness (QED) is 0.285. The zero-order chi connectivity index (χ0) is 15.6. The van der Waals surface area contributed by atoms with Gasteiger partial charge in [-0.2, -0.15) is 0 Å². The zero-order valence-electron chi connectivity index (χ0n) is 12.9. The van der Waals surface area contributed by atoms with E-state index in [1.54, 1.807) is 12.1 Å². The van der Waals surface area contributed by atoms with Crippen molar-refractivity contribution in [3.63, 3.8) is 0 Å². The summed E-state index contributed by atoms with van der Waals surface area (Å²) in [5.74, 6) is 5.42. The van der Waals surface area contributed by atoms with Gasteiger partial charge >= 0.3 is 7.32 Å². The first kappa shape index (κ1) is 18.9. The number of benzene rings is 1. The van der Waals surface area contributed by atoms with Crippen LogP contribution in [0.2, 0.25) is 0 Å². The lowest BCUT2D eigenvalue weighted by Gasteiger charge is -2.19. The van der Waals surface area contributed by atoms with Gasteiger partial charge in [-0.3, -0.25) is 11.3 Å². The molecule has 20 heavy (non-hydrogen) atoms. The minimum atomic E-state index is -1.75. The molecule has 0 fully saturated rings. The molecule has 0 amide bonds. The van der Waals surface area contributed by atoms with Gasteiger partial charge in [0.15, 0.2) is 0 Å². The summed E-state index contributed by atoms with van der Waals surface area (Å²) in [5.41, 5.74) is 3.84. The number of nitrogens with two attached hydrogens (primary N) is 1. The van der Waals surface area contributed by atoms with Crippen LogP contribution in [-0.4, -0.2) is 23.9 Å². The molecule has 114 valence electrons. The Hall–Kier alpha value is -1.08. The summed E-state index contributed by atoms with van der Waals surface area (Å²) >= 11 is 0. The van der Waals surface area contributed by atoms with Crippen LogP contribution in [0.1, 0.15) is 46.1 Å². The molecule has 0 unspecified atom stereocenters. The predicted octanol–water partition coefficient (Wildman–Crippen LogP) is 1.58. The van der Waals surface area contributed by atoms with Crippen LogP contribution in [0, 0.1) is 0 Å². The molecule has 1 rings (SSSR count). The monoisotopic (exact) mass is 282 g/mol. The Morgan fingerprint density at radius 3 is 2.05 bits per heavy atom. The number of rotatable bonds is 5. The molecule has 0 atom stereocenters. The lowest BCUT2D eigenvalue weighted by Crippen LogP contribution is -2.22. The molecular formula is C14H27BN2O3. The maximum absolute atomic E-state index is 8.57. The van der Waals surface area contributed by atoms with Gasteiger partial charge in [-0.05, 0) is 29.5 Å². The van der Waals surface area contributed by atoms with E-state index in [2.05, 4.69) is 33.1 Å². The fourth-order valence-electron chi connectivity index (χ4n) is 1.43. The van der Waals surface area contributed by atoms with E-state index in [0.717, 1.165) is 6.54 Å². The lowest BCUT2D eigenvalue weighted by atomic mass is 9.87. The van der Waals surface area contributed by atoms with Crippen molar-refractivity contribution in [3.8, 4) is 5.75 Å². The lowest BCUT2D eigenvalue weighted by molar-refractivity contribution is 0.288. The van der Waals surface area contributed by atoms with Gasteiger partial charge in [0.05, 0.1) is 0 Å². The largest absolute Gasteiger partial charge is 0.707 e. The predicted molar refractivity (Wildman–Crippen MR) is 83.1 cm³/mol. The van der Waals surface area contributed by atoms with E-state index in [0.29, 0.717) is 5.75 Å². The van der Waals surface area contributed by atoms with E-state index in [1.807, 2.05) is 12.1 Å². The maximum atomic E-state index is 8.57. The molecule has 0 radical (unpaired) electrons. The SMILES string of the molecule is CC(C)(C)c1ccc(OB(O)O)cc1.CCCCNN. The third-order valence-electron chi connectivity index (χ3n) is 2.64. The highest BCUT2D eigenvalue weighted by atomic mass is 16.6. The minimum Gasteiger partial charge on any atom is -0.512 e. The Kier molecular flexibility index (Phi) is 9.24. The van der Waals surface area contributed by atoms with Crippen molar-refractivity contribution in [2.75, 3.05) is 6.54 Å². The minimum absolute atomic E-state index is 0.0936. The number of hydrogen-bond donors (Lipinski definition) is 4. The smallest absolute Gasteiger partial charge is 0.512 e. The number of hydrazine groups is 1. The Labute approximate surface area is 122 Å². The standard InChI is InChI=1S/C10H15BO3.C4H12N2/c1-10(2,3)8-4-6-9(7-5-8)14-11(12)13;1-2-3-4-6-5/h4-7,12-13H,1-3H3;6H,2-5H2,1H3. The van der Waals surface area contributed by atoms with Crippen molar-refractivity contribution >= 4 is 7.32 Å². The molecule has 0 saturated carbocycles. The zero-order valence-corrected chi connectivity index (χ0v) is 12.9. The van der Waals surface area contributed by atoms with Gasteiger partial charge in [0.25, 0.3) is 0 Å². The topological polar surface area (TPSA) is 87.7 Å². The molecule has 0 aliphatic rings. The molecule has 0 aliphatic heterocycles. The molecule has 0 heterocycles. The van der Waals surface area contributed by atoms with Crippen molar-refractivity contribution in [1.29, 1.82) is 0 Å². The van der Waals surface area contributed by atoms with E-state index in [1.165, 1.54) is 18.4 Å². The fraction of sp³-hybridized carbons (Fsp3) is 0.571. The van der Waals surface area contributed by atoms with Crippen LogP contribution >= 0.6 is 0 Å². The molecule has 6 heteroatoms. The van der Waals surface area contributed by atoms with Gasteiger partial charge in [0.1, 0.15) is 5.75 Å². The van der Waals surface area contributed by atoms with E-state index in [4.69, 9.17) is 20.5 Å². The number of unbranched alkanes of at least 4 members (excludes halogenated alkanes) is 1. The third kappa shape index (κ3) is 8.93. The first-order valence-corrected chi connectivity index (χ1v) is 6.88. The molecule has 0 spiro atoms. The van der Waals surface area contributed by atoms with Gasteiger partial charge in [0, 0.05) is 6.54 Å². The Balaban J connectivity index is 0.000000511. The van der Waals surface area contributed by atoms with Crippen molar-refractivity contribution in [1.82, 2.24) is 5.43 Å². The Bertz CT molecular complexity index is 346. The summed E-state index contributed by atoms with van der Waals surface area (Å²) in [4.78, 5) is 0. The normalized spacial score (nSPS) is 10.6. The second kappa shape index (κ2) is 9.77. The summed E-state index contributed by atoms with van der Waals surface area (Å²) in [5, 5.41) is 17.1. The number of hydrogen-bond acceptors (Lipinski definition) is 5. The molecule has 1 aromatic rings. The van der Waals surface area contributed by atoms with E-state index >= 15 is 0 Å². The summed E-state index contributed by atoms with van der Waals surface area (Å²) in [6, 6.07) is 7.27. The van der Waals surface area contributed by atoms with Crippen molar-refractivity contribution in [2.24, 2.45) is 5.84 Å². The average Bonchev–Trinajstić information content (AvgIpc) is 2.36. The van der Waals surface area contributed by atoms with Crippen LogP contribution in [0.4, 0.5) is 0 Å². The van der Waals surface area contributed by atoms with Crippen molar-refractivity contribution in [3.05, 3.63) is 29.8 Å². The molecule has 5 N–H and O–H groups in total. The van der Waals surface area contributed by atoms with Gasteiger partial charge in [0.2, 0.25) is 0 Å². The Morgan fingerprint density at radius 2 is 1.75 bits per heavy atom. The van der Waals surface area contributed by atoms with Crippen molar-refractivity contribution < 1.29 is 14.7 Å². The molecule has 0 aromatic heterocycles. The molecule has 5 nitrogen and oxygen atoms in total. The van der Waals surface area contributed by atoms with E-state index < -0.39 is 7.32 Å². The second-order valence-electron chi connectivity index (χ2n) is 5.53. The molecule has 0 saturated heterocycles. The second-order valence-corrected chi connectivity index (χ2v) is 5.53. The molecule has 1 aromatic carbocycles. The maximum Gasteiger partial charge on any atom is 0.707 e. The van der Waals surface area contributed by atoms with Crippen molar-refractivity contribution in [2.45, 2.75) is 46.0 Å². The molecule has 0 bridgehead atoms. The van der Waals surface area contributed by atoms with E-state index in [-0.39, 0.29) is 5.41 Å². The average molecular weight is 282 g/mol. The third-order valence-corrected chi connectivity index (χ3v) is 2.64. The summed E-state index contributed by atoms with van der Waals surface area (Å²) in [7, 11) is -1.75. The highest BCUT2D eigenvalue weighted by Crippen LogP contribution is 2.24. The first-order chi connectivity index (χ1) is 9.31. The number of nitrogens with one attached hydrogen (secondary N) is 1. The molecule has 0 aliphatic carbocycles. The van der Waals surface area contributed by atoms with Gasteiger partial charge in [-0.25, -0.2) is 0 Å². The van der Waals surface area contributed by atoms with Crippen LogP contribution in [-0.2, 0) is 5.41 Å². The molecular weight excluding hydrogens is 255 g/mol. The summed E-state index contributed by atoms with van der Waals surface area (Å²) < 4.78 is 4.69. The summed E-state index contributed by atoms with van der Waals surface area (Å²) in [6.07, 6.45) is 2.39. The van der Waals surface area contributed by atoms with Crippen LogP contribution in [0.5, 0.6) is 5.75 Å². The van der Waals surface area contributed by atoms with Crippen LogP contribution in [0.25, 0.3) is 0 Å². The van der Waals surface area contributed by atoms with Gasteiger partial charge in [-0.15, -0.1) is 0 Å². The van der Waals surface area contributed by atoms with Gasteiger partial charge in [-0.1, -0.05) is 46.2 Å². The highest BCUT2D eigenvalue weighted by Gasteiger charge is 2.14. The first-order valence-electron chi connectivity index (χ1n) is 6.88. The van der Waals surface area contributed by atoms with Crippen LogP contribution in [0.3, 0.4) is 0 Å². The van der Waals surface area contributed by atoms with Gasteiger partial charge < -0.3 is 14.7 Å². The fourth-order valence-corrected chi connectivity index (χ4v) is 1.43. The highest BCUT2D eigenvalue weighted by molar-refractivity contribution is 6.33. The van der Waals surface area contributed by atoms with Crippen LogP contribution in [0.15, 0.2) is 24.3 Å². The Morgan fingerprint density at radius 1 is 1.20 bits per heavy atom. The summed E-state index contributed by atoms with van der Waals surface area (Å²) in [6.45, 7) is 9.42. The van der Waals surface area contributed by atoms with E-state index in [9.17, 15) is 0 Å².